The molecule has 5 nitrogen and oxygen atoms in total. The maximum atomic E-state index is 7.82. The van der Waals surface area contributed by atoms with Gasteiger partial charge in [0.1, 0.15) is 11.4 Å². The zero-order valence-electron chi connectivity index (χ0n) is 12.7. The number of quaternary nitrogens is 1. The molecule has 5 heteroatoms. The molecule has 0 fully saturated rings. The van der Waals surface area contributed by atoms with Gasteiger partial charge in [0.25, 0.3) is 0 Å². The van der Waals surface area contributed by atoms with Crippen molar-refractivity contribution in [2.75, 3.05) is 0 Å². The van der Waals surface area contributed by atoms with Crippen LogP contribution in [0.1, 0.15) is 24.1 Å². The van der Waals surface area contributed by atoms with E-state index in [-0.39, 0.29) is 5.84 Å². The second-order valence-corrected chi connectivity index (χ2v) is 5.21. The molecule has 3 N–H and O–H groups in total. The molecule has 1 heterocycles. The summed E-state index contributed by atoms with van der Waals surface area (Å²) in [6.07, 6.45) is 7.75. The smallest absolute Gasteiger partial charge is 0.198 e. The predicted molar refractivity (Wildman–Crippen MR) is 89.6 cm³/mol. The Morgan fingerprint density at radius 2 is 1.83 bits per heavy atom. The number of benzene rings is 1. The number of nitrogens with one attached hydrogen (secondary N) is 1. The SMILES string of the molecule is N=C(N=N[NH2+]C1=CC=C(c2ccccc2)CC1)c1ccccn1. The number of allylic oxidation sites excluding steroid dienone is 4. The number of aromatic nitrogens is 1. The number of rotatable bonds is 4. The van der Waals surface area contributed by atoms with Crippen LogP contribution in [0.5, 0.6) is 0 Å². The summed E-state index contributed by atoms with van der Waals surface area (Å²) in [5.74, 6) is 0.0683. The average Bonchev–Trinajstić information content (AvgIpc) is 2.64. The fourth-order valence-corrected chi connectivity index (χ4v) is 2.37. The minimum absolute atomic E-state index is 0.0683. The van der Waals surface area contributed by atoms with Crippen molar-refractivity contribution in [3.05, 3.63) is 83.8 Å². The van der Waals surface area contributed by atoms with E-state index in [1.807, 2.05) is 18.2 Å². The molecule has 0 unspecified atom stereocenters. The molecule has 0 amide bonds. The van der Waals surface area contributed by atoms with E-state index in [1.165, 1.54) is 11.1 Å². The topological polar surface area (TPSA) is 78.1 Å². The van der Waals surface area contributed by atoms with E-state index >= 15 is 0 Å². The van der Waals surface area contributed by atoms with Crippen molar-refractivity contribution in [2.45, 2.75) is 12.8 Å². The van der Waals surface area contributed by atoms with E-state index in [1.54, 1.807) is 17.7 Å². The fraction of sp³-hybridized carbons (Fsp3) is 0.111. The Morgan fingerprint density at radius 1 is 1.00 bits per heavy atom. The van der Waals surface area contributed by atoms with Crippen LogP contribution < -0.4 is 5.43 Å². The van der Waals surface area contributed by atoms with E-state index in [9.17, 15) is 0 Å². The quantitative estimate of drug-likeness (QED) is 0.294. The van der Waals surface area contributed by atoms with E-state index in [2.05, 4.69) is 51.7 Å². The van der Waals surface area contributed by atoms with Gasteiger partial charge in [-0.25, -0.2) is 0 Å². The van der Waals surface area contributed by atoms with Gasteiger partial charge in [0, 0.05) is 17.8 Å². The van der Waals surface area contributed by atoms with Gasteiger partial charge in [0.05, 0.1) is 0 Å². The maximum absolute atomic E-state index is 7.82. The van der Waals surface area contributed by atoms with Crippen LogP contribution in [0.15, 0.2) is 82.9 Å². The van der Waals surface area contributed by atoms with Crippen molar-refractivity contribution < 1.29 is 5.43 Å². The Labute approximate surface area is 135 Å². The second-order valence-electron chi connectivity index (χ2n) is 5.21. The summed E-state index contributed by atoms with van der Waals surface area (Å²) in [5.41, 5.74) is 5.95. The molecule has 2 aromatic rings. The van der Waals surface area contributed by atoms with Crippen LogP contribution >= 0.6 is 0 Å². The molecule has 0 saturated heterocycles. The highest BCUT2D eigenvalue weighted by Gasteiger charge is 2.10. The van der Waals surface area contributed by atoms with Crippen LogP contribution in [-0.4, -0.2) is 10.8 Å². The third-order valence-corrected chi connectivity index (χ3v) is 3.61. The Kier molecular flexibility index (Phi) is 4.81. The van der Waals surface area contributed by atoms with Crippen molar-refractivity contribution in [1.29, 1.82) is 5.41 Å². The molecule has 0 spiro atoms. The molecule has 114 valence electrons. The molecule has 23 heavy (non-hydrogen) atoms. The van der Waals surface area contributed by atoms with E-state index in [4.69, 9.17) is 5.41 Å². The van der Waals surface area contributed by atoms with E-state index in [0.29, 0.717) is 5.69 Å². The third kappa shape index (κ3) is 4.05. The van der Waals surface area contributed by atoms with Crippen molar-refractivity contribution in [1.82, 2.24) is 4.98 Å². The lowest BCUT2D eigenvalue weighted by atomic mass is 9.96. The fourth-order valence-electron chi connectivity index (χ4n) is 2.37. The summed E-state index contributed by atoms with van der Waals surface area (Å²) < 4.78 is 0. The van der Waals surface area contributed by atoms with Crippen molar-refractivity contribution in [3.8, 4) is 0 Å². The molecule has 3 rings (SSSR count). The van der Waals surface area contributed by atoms with E-state index < -0.39 is 0 Å². The van der Waals surface area contributed by atoms with Crippen molar-refractivity contribution >= 4 is 11.4 Å². The zero-order chi connectivity index (χ0) is 15.9. The summed E-state index contributed by atoms with van der Waals surface area (Å²) >= 11 is 0. The highest BCUT2D eigenvalue weighted by Crippen LogP contribution is 2.24. The summed E-state index contributed by atoms with van der Waals surface area (Å²) in [6, 6.07) is 15.8. The molecule has 1 aromatic heterocycles. The molecule has 1 aromatic carbocycles. The lowest BCUT2D eigenvalue weighted by Crippen LogP contribution is -2.75. The first-order chi connectivity index (χ1) is 11.3. The number of amidine groups is 1. The van der Waals surface area contributed by atoms with Gasteiger partial charge in [-0.15, -0.1) is 0 Å². The molecule has 0 bridgehead atoms. The Balaban J connectivity index is 1.59. The number of hydrogen-bond donors (Lipinski definition) is 2. The van der Waals surface area contributed by atoms with Crippen molar-refractivity contribution in [2.24, 2.45) is 10.3 Å². The van der Waals surface area contributed by atoms with Crippen LogP contribution in [0.25, 0.3) is 5.57 Å². The van der Waals surface area contributed by atoms with E-state index in [0.717, 1.165) is 18.5 Å². The molecule has 0 radical (unpaired) electrons. The Bertz CT molecular complexity index is 761. The minimum atomic E-state index is 0.0683. The number of pyridine rings is 1. The maximum Gasteiger partial charge on any atom is 0.198 e. The molecule has 1 aliphatic carbocycles. The molecule has 1 aliphatic rings. The monoisotopic (exact) mass is 304 g/mol. The Morgan fingerprint density at radius 3 is 2.52 bits per heavy atom. The molecule has 0 aliphatic heterocycles. The second kappa shape index (κ2) is 7.38. The Hall–Kier alpha value is -2.92. The molecular weight excluding hydrogens is 286 g/mol. The van der Waals surface area contributed by atoms with Crippen LogP contribution in [-0.2, 0) is 0 Å². The lowest BCUT2D eigenvalue weighted by molar-refractivity contribution is -0.622. The van der Waals surface area contributed by atoms with Gasteiger partial charge in [0.2, 0.25) is 0 Å². The van der Waals surface area contributed by atoms with Gasteiger partial charge in [-0.2, -0.15) is 5.43 Å². The first-order valence-electron chi connectivity index (χ1n) is 7.52. The number of nitrogens with zero attached hydrogens (tertiary/aromatic N) is 3. The van der Waals surface area contributed by atoms with Gasteiger partial charge in [-0.05, 0) is 35.8 Å². The number of hydrogen-bond acceptors (Lipinski definition) is 3. The normalized spacial score (nSPS) is 14.4. The van der Waals surface area contributed by atoms with Gasteiger partial charge < -0.3 is 0 Å². The first kappa shape index (κ1) is 15.0. The van der Waals surface area contributed by atoms with Gasteiger partial charge in [0.15, 0.2) is 5.84 Å². The summed E-state index contributed by atoms with van der Waals surface area (Å²) in [7, 11) is 0. The average molecular weight is 304 g/mol. The van der Waals surface area contributed by atoms with Crippen LogP contribution in [0.2, 0.25) is 0 Å². The minimum Gasteiger partial charge on any atom is -0.279 e. The van der Waals surface area contributed by atoms with Crippen LogP contribution in [0.3, 0.4) is 0 Å². The predicted octanol–water partition coefficient (Wildman–Crippen LogP) is 3.10. The van der Waals surface area contributed by atoms with Gasteiger partial charge in [-0.1, -0.05) is 47.6 Å². The largest absolute Gasteiger partial charge is 0.279 e. The summed E-state index contributed by atoms with van der Waals surface area (Å²) in [4.78, 5) is 4.07. The molecular formula is C18H18N5+. The van der Waals surface area contributed by atoms with Gasteiger partial charge in [-0.3, -0.25) is 10.4 Å². The third-order valence-electron chi connectivity index (χ3n) is 3.61. The lowest BCUT2D eigenvalue weighted by Gasteiger charge is -2.11. The first-order valence-corrected chi connectivity index (χ1v) is 7.52. The molecule has 0 saturated carbocycles. The summed E-state index contributed by atoms with van der Waals surface area (Å²) in [6.45, 7) is 0. The zero-order valence-corrected chi connectivity index (χ0v) is 12.7. The highest BCUT2D eigenvalue weighted by molar-refractivity contribution is 5.94. The summed E-state index contributed by atoms with van der Waals surface area (Å²) in [5, 5.41) is 15.7. The standard InChI is InChI=1S/C18H17N5/c19-18(17-8-4-5-13-20-17)22-23-21-16-11-9-15(10-12-16)14-6-2-1-3-7-14/h1-9,11,13H,10,12H2,(H2,19,21,22)/p+1. The van der Waals surface area contributed by atoms with Gasteiger partial charge >= 0.3 is 0 Å². The molecule has 0 atom stereocenters. The van der Waals surface area contributed by atoms with Crippen molar-refractivity contribution in [3.63, 3.8) is 0 Å². The van der Waals surface area contributed by atoms with Crippen LogP contribution in [0, 0.1) is 5.41 Å². The highest BCUT2D eigenvalue weighted by atomic mass is 15.4. The van der Waals surface area contributed by atoms with Crippen LogP contribution in [0.4, 0.5) is 0 Å². The number of nitrogens with two attached hydrogens (primary N) is 1.